The molecule has 0 aliphatic heterocycles. The quantitative estimate of drug-likeness (QED) is 0.793. The number of nitrogens with zero attached hydrogens (tertiary/aromatic N) is 1. The number of likely N-dealkylation sites (N-methyl/N-ethyl adjacent to an activating group) is 1. The number of benzene rings is 1. The van der Waals surface area contributed by atoms with Gasteiger partial charge in [0.1, 0.15) is 5.82 Å². The van der Waals surface area contributed by atoms with Crippen LogP contribution in [0.3, 0.4) is 0 Å². The lowest BCUT2D eigenvalue weighted by molar-refractivity contribution is 0.237. The highest BCUT2D eigenvalue weighted by Crippen LogP contribution is 2.13. The average molecular weight is 240 g/mol. The fourth-order valence-electron chi connectivity index (χ4n) is 1.77. The zero-order valence-electron chi connectivity index (χ0n) is 10.7. The summed E-state index contributed by atoms with van der Waals surface area (Å²) in [6, 6.07) is 6.70. The molecule has 1 rings (SSSR count). The average Bonchev–Trinajstić information content (AvgIpc) is 2.28. The Hall–Kier alpha value is -1.13. The third-order valence-corrected chi connectivity index (χ3v) is 2.55. The van der Waals surface area contributed by atoms with Gasteiger partial charge in [-0.3, -0.25) is 0 Å². The van der Waals surface area contributed by atoms with Crippen LogP contribution in [0.2, 0.25) is 0 Å². The lowest BCUT2D eigenvalue weighted by atomic mass is 10.2. The van der Waals surface area contributed by atoms with Gasteiger partial charge < -0.3 is 15.3 Å². The second-order valence-corrected chi connectivity index (χ2v) is 4.56. The van der Waals surface area contributed by atoms with Gasteiger partial charge in [0.2, 0.25) is 0 Å². The van der Waals surface area contributed by atoms with Crippen molar-refractivity contribution in [3.05, 3.63) is 30.1 Å². The van der Waals surface area contributed by atoms with Crippen molar-refractivity contribution in [1.82, 2.24) is 5.32 Å². The zero-order valence-corrected chi connectivity index (χ0v) is 10.7. The van der Waals surface area contributed by atoms with Crippen LogP contribution in [-0.2, 0) is 0 Å². The van der Waals surface area contributed by atoms with Gasteiger partial charge in [-0.2, -0.15) is 0 Å². The second kappa shape index (κ2) is 6.57. The minimum absolute atomic E-state index is 0.0186. The molecule has 0 aliphatic rings. The molecule has 0 heterocycles. The monoisotopic (exact) mass is 240 g/mol. The molecule has 96 valence electrons. The van der Waals surface area contributed by atoms with Crippen LogP contribution in [0.1, 0.15) is 13.8 Å². The topological polar surface area (TPSA) is 35.5 Å². The first-order chi connectivity index (χ1) is 8.02. The third-order valence-electron chi connectivity index (χ3n) is 2.55. The van der Waals surface area contributed by atoms with Crippen molar-refractivity contribution in [2.24, 2.45) is 0 Å². The molecule has 1 unspecified atom stereocenters. The first-order valence-electron chi connectivity index (χ1n) is 5.86. The van der Waals surface area contributed by atoms with Gasteiger partial charge in [0.05, 0.1) is 6.61 Å². The molecule has 0 amide bonds. The Morgan fingerprint density at radius 2 is 1.88 bits per heavy atom. The maximum Gasteiger partial charge on any atom is 0.123 e. The van der Waals surface area contributed by atoms with E-state index in [1.165, 1.54) is 12.1 Å². The fourth-order valence-corrected chi connectivity index (χ4v) is 1.77. The summed E-state index contributed by atoms with van der Waals surface area (Å²) in [5.74, 6) is -0.235. The molecule has 0 radical (unpaired) electrons. The molecule has 0 fully saturated rings. The van der Waals surface area contributed by atoms with Crippen LogP contribution in [0, 0.1) is 5.82 Å². The molecule has 3 nitrogen and oxygen atoms in total. The van der Waals surface area contributed by atoms with Crippen molar-refractivity contribution in [3.8, 4) is 0 Å². The Kier molecular flexibility index (Phi) is 5.38. The minimum Gasteiger partial charge on any atom is -0.395 e. The first-order valence-corrected chi connectivity index (χ1v) is 5.86. The van der Waals surface area contributed by atoms with E-state index in [1.807, 2.05) is 25.8 Å². The number of hydrogen-bond acceptors (Lipinski definition) is 3. The van der Waals surface area contributed by atoms with Crippen LogP contribution in [-0.4, -0.2) is 37.4 Å². The summed E-state index contributed by atoms with van der Waals surface area (Å²) in [4.78, 5) is 2.00. The smallest absolute Gasteiger partial charge is 0.123 e. The molecule has 4 heteroatoms. The van der Waals surface area contributed by atoms with E-state index in [4.69, 9.17) is 0 Å². The highest BCUT2D eigenvalue weighted by atomic mass is 19.1. The van der Waals surface area contributed by atoms with E-state index in [2.05, 4.69) is 5.32 Å². The molecule has 0 bridgehead atoms. The van der Waals surface area contributed by atoms with Gasteiger partial charge >= 0.3 is 0 Å². The molecule has 0 aromatic heterocycles. The van der Waals surface area contributed by atoms with Gasteiger partial charge in [0, 0.05) is 31.4 Å². The molecule has 0 saturated carbocycles. The highest BCUT2D eigenvalue weighted by molar-refractivity contribution is 5.45. The Morgan fingerprint density at radius 1 is 1.29 bits per heavy atom. The normalized spacial score (nSPS) is 12.8. The molecule has 0 aliphatic carbocycles. The van der Waals surface area contributed by atoms with Crippen molar-refractivity contribution in [2.45, 2.75) is 25.9 Å². The largest absolute Gasteiger partial charge is 0.395 e. The minimum atomic E-state index is -0.235. The van der Waals surface area contributed by atoms with E-state index in [-0.39, 0.29) is 18.5 Å². The number of aliphatic hydroxyl groups is 1. The van der Waals surface area contributed by atoms with Crippen molar-refractivity contribution in [1.29, 1.82) is 0 Å². The molecular weight excluding hydrogens is 219 g/mol. The zero-order chi connectivity index (χ0) is 12.8. The predicted molar refractivity (Wildman–Crippen MR) is 68.8 cm³/mol. The highest BCUT2D eigenvalue weighted by Gasteiger charge is 2.11. The van der Waals surface area contributed by atoms with E-state index in [9.17, 15) is 9.50 Å². The summed E-state index contributed by atoms with van der Waals surface area (Å²) in [6.07, 6.45) is 0. The SMILES string of the molecule is CC(C)NC(CO)CN(C)c1ccc(F)cc1. The number of aliphatic hydroxyl groups excluding tert-OH is 1. The molecule has 2 N–H and O–H groups in total. The molecule has 1 atom stereocenters. The lowest BCUT2D eigenvalue weighted by Gasteiger charge is -2.26. The van der Waals surface area contributed by atoms with Crippen molar-refractivity contribution in [3.63, 3.8) is 0 Å². The van der Waals surface area contributed by atoms with Crippen LogP contribution >= 0.6 is 0 Å². The van der Waals surface area contributed by atoms with Crippen LogP contribution < -0.4 is 10.2 Å². The summed E-state index contributed by atoms with van der Waals surface area (Å²) in [6.45, 7) is 4.85. The standard InChI is InChI=1S/C13H21FN2O/c1-10(2)15-12(9-17)8-16(3)13-6-4-11(14)5-7-13/h4-7,10,12,15,17H,8-9H2,1-3H3. The van der Waals surface area contributed by atoms with E-state index in [1.54, 1.807) is 12.1 Å². The summed E-state index contributed by atoms with van der Waals surface area (Å²) in [5.41, 5.74) is 0.940. The second-order valence-electron chi connectivity index (χ2n) is 4.56. The Labute approximate surface area is 102 Å². The van der Waals surface area contributed by atoms with Crippen LogP contribution in [0.15, 0.2) is 24.3 Å². The van der Waals surface area contributed by atoms with Gasteiger partial charge in [0.25, 0.3) is 0 Å². The van der Waals surface area contributed by atoms with Crippen molar-refractivity contribution < 1.29 is 9.50 Å². The van der Waals surface area contributed by atoms with Gasteiger partial charge in [0.15, 0.2) is 0 Å². The summed E-state index contributed by atoms with van der Waals surface area (Å²) in [7, 11) is 1.93. The summed E-state index contributed by atoms with van der Waals surface area (Å²) in [5, 5.41) is 12.5. The van der Waals surface area contributed by atoms with Gasteiger partial charge in [-0.15, -0.1) is 0 Å². The van der Waals surface area contributed by atoms with E-state index < -0.39 is 0 Å². The molecule has 0 spiro atoms. The number of rotatable bonds is 6. The van der Waals surface area contributed by atoms with E-state index >= 15 is 0 Å². The van der Waals surface area contributed by atoms with Crippen LogP contribution in [0.25, 0.3) is 0 Å². The molecule has 1 aromatic carbocycles. The maximum atomic E-state index is 12.8. The Morgan fingerprint density at radius 3 is 2.35 bits per heavy atom. The van der Waals surface area contributed by atoms with Gasteiger partial charge in [-0.05, 0) is 24.3 Å². The maximum absolute atomic E-state index is 12.8. The van der Waals surface area contributed by atoms with Crippen molar-refractivity contribution >= 4 is 5.69 Å². The third kappa shape index (κ3) is 4.71. The predicted octanol–water partition coefficient (Wildman–Crippen LogP) is 1.62. The van der Waals surface area contributed by atoms with Crippen LogP contribution in [0.4, 0.5) is 10.1 Å². The molecular formula is C13H21FN2O. The van der Waals surface area contributed by atoms with Gasteiger partial charge in [-0.1, -0.05) is 13.8 Å². The Bertz CT molecular complexity index is 327. The summed E-state index contributed by atoms with van der Waals surface area (Å²) >= 11 is 0. The molecule has 1 aromatic rings. The lowest BCUT2D eigenvalue weighted by Crippen LogP contribution is -2.45. The summed E-state index contributed by atoms with van der Waals surface area (Å²) < 4.78 is 12.8. The number of hydrogen-bond donors (Lipinski definition) is 2. The molecule has 0 saturated heterocycles. The number of anilines is 1. The number of halogens is 1. The fraction of sp³-hybridized carbons (Fsp3) is 0.538. The van der Waals surface area contributed by atoms with Gasteiger partial charge in [-0.25, -0.2) is 4.39 Å². The van der Waals surface area contributed by atoms with Crippen molar-refractivity contribution in [2.75, 3.05) is 25.1 Å². The molecule has 17 heavy (non-hydrogen) atoms. The first kappa shape index (κ1) is 13.9. The Balaban J connectivity index is 2.57. The van der Waals surface area contributed by atoms with E-state index in [0.717, 1.165) is 5.69 Å². The van der Waals surface area contributed by atoms with E-state index in [0.29, 0.717) is 12.6 Å². The number of nitrogens with one attached hydrogen (secondary N) is 1. The van der Waals surface area contributed by atoms with Crippen LogP contribution in [0.5, 0.6) is 0 Å².